The number of ether oxygens (including phenoxy) is 1. The largest absolute Gasteiger partial charge is 0.460 e. The van der Waals surface area contributed by atoms with Crippen LogP contribution in [0.3, 0.4) is 0 Å². The smallest absolute Gasteiger partial charge is 0.306 e. The number of hydrogen-bond acceptors (Lipinski definition) is 2. The summed E-state index contributed by atoms with van der Waals surface area (Å²) in [5, 5.41) is 0. The van der Waals surface area contributed by atoms with Gasteiger partial charge in [0.25, 0.3) is 0 Å². The first-order valence-corrected chi connectivity index (χ1v) is 4.27. The van der Waals surface area contributed by atoms with Crippen LogP contribution >= 0.6 is 11.6 Å². The second-order valence-electron chi connectivity index (χ2n) is 3.38. The molecule has 0 saturated heterocycles. The van der Waals surface area contributed by atoms with Gasteiger partial charge in [-0.05, 0) is 27.2 Å². The van der Waals surface area contributed by atoms with Gasteiger partial charge < -0.3 is 4.74 Å². The lowest BCUT2D eigenvalue weighted by molar-refractivity contribution is -0.154. The maximum Gasteiger partial charge on any atom is 0.306 e. The molecular weight excluding hydrogens is 164 g/mol. The average molecular weight is 179 g/mol. The quantitative estimate of drug-likeness (QED) is 0.490. The zero-order chi connectivity index (χ0) is 8.91. The van der Waals surface area contributed by atoms with Crippen molar-refractivity contribution in [2.24, 2.45) is 0 Å². The highest BCUT2D eigenvalue weighted by Crippen LogP contribution is 2.09. The van der Waals surface area contributed by atoms with Gasteiger partial charge in [0.2, 0.25) is 0 Å². The highest BCUT2D eigenvalue weighted by molar-refractivity contribution is 6.17. The van der Waals surface area contributed by atoms with Crippen molar-refractivity contribution >= 4 is 17.6 Å². The lowest BCUT2D eigenvalue weighted by Crippen LogP contribution is -2.23. The van der Waals surface area contributed by atoms with Gasteiger partial charge in [-0.3, -0.25) is 4.79 Å². The number of hydrogen-bond donors (Lipinski definition) is 0. The molecular formula is C8H15ClO2. The van der Waals surface area contributed by atoms with E-state index in [1.807, 2.05) is 20.8 Å². The molecule has 0 N–H and O–H groups in total. The minimum atomic E-state index is -0.372. The van der Waals surface area contributed by atoms with Crippen molar-refractivity contribution < 1.29 is 9.53 Å². The zero-order valence-corrected chi connectivity index (χ0v) is 8.07. The highest BCUT2D eigenvalue weighted by atomic mass is 35.5. The summed E-state index contributed by atoms with van der Waals surface area (Å²) >= 11 is 5.41. The molecule has 2 nitrogen and oxygen atoms in total. The fourth-order valence-corrected chi connectivity index (χ4v) is 0.737. The van der Waals surface area contributed by atoms with Gasteiger partial charge >= 0.3 is 5.97 Å². The van der Waals surface area contributed by atoms with Crippen LogP contribution in [-0.4, -0.2) is 17.5 Å². The number of halogens is 1. The maximum atomic E-state index is 10.9. The molecule has 0 aromatic heterocycles. The molecule has 0 aliphatic carbocycles. The van der Waals surface area contributed by atoms with Crippen LogP contribution in [0.25, 0.3) is 0 Å². The highest BCUT2D eigenvalue weighted by Gasteiger charge is 2.15. The van der Waals surface area contributed by atoms with E-state index in [0.29, 0.717) is 18.7 Å². The monoisotopic (exact) mass is 178 g/mol. The Bertz CT molecular complexity index is 127. The van der Waals surface area contributed by atoms with E-state index in [-0.39, 0.29) is 11.6 Å². The number of carbonyl (C=O) groups is 1. The Labute approximate surface area is 72.9 Å². The number of esters is 1. The van der Waals surface area contributed by atoms with Crippen molar-refractivity contribution in [3.8, 4) is 0 Å². The van der Waals surface area contributed by atoms with Gasteiger partial charge in [-0.15, -0.1) is 11.6 Å². The Balaban J connectivity index is 3.53. The molecule has 3 heteroatoms. The van der Waals surface area contributed by atoms with Gasteiger partial charge in [-0.2, -0.15) is 0 Å². The summed E-state index contributed by atoms with van der Waals surface area (Å²) in [6.45, 7) is 5.56. The Morgan fingerprint density at radius 1 is 1.45 bits per heavy atom. The van der Waals surface area contributed by atoms with E-state index in [4.69, 9.17) is 16.3 Å². The minimum Gasteiger partial charge on any atom is -0.460 e. The van der Waals surface area contributed by atoms with Gasteiger partial charge in [-0.25, -0.2) is 0 Å². The van der Waals surface area contributed by atoms with Crippen molar-refractivity contribution in [1.29, 1.82) is 0 Å². The van der Waals surface area contributed by atoms with Crippen molar-refractivity contribution in [3.05, 3.63) is 0 Å². The third-order valence-corrected chi connectivity index (χ3v) is 1.20. The van der Waals surface area contributed by atoms with Crippen molar-refractivity contribution in [2.45, 2.75) is 39.2 Å². The standard InChI is InChI=1S/C8H15ClO2/c1-8(2,3)11-7(10)5-4-6-9/h4-6H2,1-3H3. The third-order valence-electron chi connectivity index (χ3n) is 0.935. The van der Waals surface area contributed by atoms with E-state index in [2.05, 4.69) is 0 Å². The van der Waals surface area contributed by atoms with E-state index in [9.17, 15) is 4.79 Å². The van der Waals surface area contributed by atoms with Gasteiger partial charge in [0, 0.05) is 12.3 Å². The molecule has 0 aromatic carbocycles. The van der Waals surface area contributed by atoms with Crippen molar-refractivity contribution in [1.82, 2.24) is 0 Å². The van der Waals surface area contributed by atoms with Crippen molar-refractivity contribution in [2.75, 3.05) is 5.88 Å². The Kier molecular flexibility index (Phi) is 4.50. The van der Waals surface area contributed by atoms with Crippen LogP contribution in [0.4, 0.5) is 0 Å². The first-order valence-electron chi connectivity index (χ1n) is 3.73. The second kappa shape index (κ2) is 4.60. The molecule has 66 valence electrons. The Morgan fingerprint density at radius 2 is 2.00 bits per heavy atom. The molecule has 0 spiro atoms. The first-order chi connectivity index (χ1) is 4.95. The summed E-state index contributed by atoms with van der Waals surface area (Å²) in [5.41, 5.74) is -0.372. The Hall–Kier alpha value is -0.240. The van der Waals surface area contributed by atoms with Crippen molar-refractivity contribution in [3.63, 3.8) is 0 Å². The number of carbonyl (C=O) groups excluding carboxylic acids is 1. The van der Waals surface area contributed by atoms with Crippen LogP contribution in [0, 0.1) is 0 Å². The molecule has 0 atom stereocenters. The van der Waals surface area contributed by atoms with Crippen LogP contribution < -0.4 is 0 Å². The molecule has 0 unspecified atom stereocenters. The van der Waals surface area contributed by atoms with Gasteiger partial charge in [0.15, 0.2) is 0 Å². The van der Waals surface area contributed by atoms with E-state index in [1.165, 1.54) is 0 Å². The molecule has 0 aliphatic heterocycles. The average Bonchev–Trinajstić information content (AvgIpc) is 1.79. The molecule has 0 amide bonds. The maximum absolute atomic E-state index is 10.9. The second-order valence-corrected chi connectivity index (χ2v) is 3.76. The van der Waals surface area contributed by atoms with Gasteiger partial charge in [0.1, 0.15) is 5.60 Å². The number of alkyl halides is 1. The first kappa shape index (κ1) is 10.8. The van der Waals surface area contributed by atoms with Crippen LogP contribution in [0.2, 0.25) is 0 Å². The van der Waals surface area contributed by atoms with Crippen LogP contribution in [-0.2, 0) is 9.53 Å². The van der Waals surface area contributed by atoms with Gasteiger partial charge in [0.05, 0.1) is 0 Å². The molecule has 0 radical (unpaired) electrons. The summed E-state index contributed by atoms with van der Waals surface area (Å²) in [4.78, 5) is 10.9. The summed E-state index contributed by atoms with van der Waals surface area (Å²) < 4.78 is 5.04. The third kappa shape index (κ3) is 7.66. The van der Waals surface area contributed by atoms with E-state index in [1.54, 1.807) is 0 Å². The molecule has 0 aromatic rings. The minimum absolute atomic E-state index is 0.168. The SMILES string of the molecule is CC(C)(C)OC(=O)CCCCl. The molecule has 0 heterocycles. The van der Waals surface area contributed by atoms with E-state index >= 15 is 0 Å². The fraction of sp³-hybridized carbons (Fsp3) is 0.875. The fourth-order valence-electron chi connectivity index (χ4n) is 0.604. The summed E-state index contributed by atoms with van der Waals surface area (Å²) in [6, 6.07) is 0. The predicted molar refractivity (Wildman–Crippen MR) is 45.8 cm³/mol. The topological polar surface area (TPSA) is 26.3 Å². The number of rotatable bonds is 3. The molecule has 0 saturated carbocycles. The molecule has 11 heavy (non-hydrogen) atoms. The van der Waals surface area contributed by atoms with E-state index < -0.39 is 0 Å². The Morgan fingerprint density at radius 3 is 2.36 bits per heavy atom. The summed E-state index contributed by atoms with van der Waals surface area (Å²) in [6.07, 6.45) is 1.11. The normalized spacial score (nSPS) is 11.3. The molecule has 0 bridgehead atoms. The van der Waals surface area contributed by atoms with Crippen LogP contribution in [0.15, 0.2) is 0 Å². The molecule has 0 aliphatic rings. The molecule has 0 fully saturated rings. The zero-order valence-electron chi connectivity index (χ0n) is 7.32. The summed E-state index contributed by atoms with van der Waals surface area (Å²) in [7, 11) is 0. The molecule has 0 rings (SSSR count). The summed E-state index contributed by atoms with van der Waals surface area (Å²) in [5.74, 6) is 0.345. The predicted octanol–water partition coefficient (Wildman–Crippen LogP) is 2.35. The van der Waals surface area contributed by atoms with Crippen LogP contribution in [0.5, 0.6) is 0 Å². The van der Waals surface area contributed by atoms with E-state index in [0.717, 1.165) is 0 Å². The van der Waals surface area contributed by atoms with Gasteiger partial charge in [-0.1, -0.05) is 0 Å². The lowest BCUT2D eigenvalue weighted by Gasteiger charge is -2.19. The lowest BCUT2D eigenvalue weighted by atomic mass is 10.2. The van der Waals surface area contributed by atoms with Crippen LogP contribution in [0.1, 0.15) is 33.6 Å².